The van der Waals surface area contributed by atoms with Gasteiger partial charge in [-0.2, -0.15) is 0 Å². The normalized spacial score (nSPS) is 17.0. The van der Waals surface area contributed by atoms with Gasteiger partial charge < -0.3 is 10.1 Å². The van der Waals surface area contributed by atoms with Crippen molar-refractivity contribution in [3.8, 4) is 5.75 Å². The highest BCUT2D eigenvalue weighted by Gasteiger charge is 2.24. The summed E-state index contributed by atoms with van der Waals surface area (Å²) in [7, 11) is 1.65. The Morgan fingerprint density at radius 3 is 2.58 bits per heavy atom. The second-order valence-electron chi connectivity index (χ2n) is 5.73. The number of carbonyl (C=O) groups excluding carboxylic acids is 1. The molecule has 128 valence electrons. The molecule has 0 unspecified atom stereocenters. The highest BCUT2D eigenvalue weighted by molar-refractivity contribution is 8.18. The van der Waals surface area contributed by atoms with Gasteiger partial charge in [0.05, 0.1) is 17.7 Å². The maximum atomic E-state index is 12.3. The van der Waals surface area contributed by atoms with Crippen molar-refractivity contribution in [1.29, 1.82) is 0 Å². The van der Waals surface area contributed by atoms with Crippen LogP contribution in [0.1, 0.15) is 5.56 Å². The fourth-order valence-corrected chi connectivity index (χ4v) is 3.68. The summed E-state index contributed by atoms with van der Waals surface area (Å²) in [6.45, 7) is 0. The van der Waals surface area contributed by atoms with Gasteiger partial charge in [-0.1, -0.05) is 54.6 Å². The van der Waals surface area contributed by atoms with Gasteiger partial charge >= 0.3 is 0 Å². The second-order valence-corrected chi connectivity index (χ2v) is 6.76. The number of methoxy groups -OCH3 is 1. The van der Waals surface area contributed by atoms with Crippen molar-refractivity contribution in [2.24, 2.45) is 4.99 Å². The predicted octanol–water partition coefficient (Wildman–Crippen LogP) is 4.74. The second kappa shape index (κ2) is 7.06. The van der Waals surface area contributed by atoms with Gasteiger partial charge in [-0.15, -0.1) is 0 Å². The number of benzene rings is 3. The Bertz CT molecular complexity index is 1040. The van der Waals surface area contributed by atoms with Crippen LogP contribution in [0.4, 0.5) is 5.69 Å². The van der Waals surface area contributed by atoms with Crippen LogP contribution in [0.2, 0.25) is 0 Å². The molecule has 5 heteroatoms. The first-order valence-corrected chi connectivity index (χ1v) is 8.96. The monoisotopic (exact) mass is 360 g/mol. The number of hydrogen-bond acceptors (Lipinski definition) is 4. The molecule has 0 aliphatic carbocycles. The molecule has 1 fully saturated rings. The number of amides is 1. The summed E-state index contributed by atoms with van der Waals surface area (Å²) in [5, 5.41) is 5.51. The first-order valence-electron chi connectivity index (χ1n) is 8.15. The van der Waals surface area contributed by atoms with Gasteiger partial charge in [0.2, 0.25) is 0 Å². The summed E-state index contributed by atoms with van der Waals surface area (Å²) in [4.78, 5) is 17.4. The molecule has 0 aromatic heterocycles. The summed E-state index contributed by atoms with van der Waals surface area (Å²) < 4.78 is 5.61. The van der Waals surface area contributed by atoms with Crippen LogP contribution in [-0.4, -0.2) is 18.2 Å². The highest BCUT2D eigenvalue weighted by Crippen LogP contribution is 2.34. The first kappa shape index (κ1) is 16.4. The van der Waals surface area contributed by atoms with E-state index in [1.54, 1.807) is 7.11 Å². The molecule has 0 radical (unpaired) electrons. The molecule has 1 amide bonds. The molecule has 1 saturated heterocycles. The van der Waals surface area contributed by atoms with Gasteiger partial charge in [-0.25, -0.2) is 4.99 Å². The smallest absolute Gasteiger partial charge is 0.264 e. The molecular weight excluding hydrogens is 344 g/mol. The topological polar surface area (TPSA) is 50.7 Å². The van der Waals surface area contributed by atoms with Gasteiger partial charge in [0.15, 0.2) is 5.17 Å². The van der Waals surface area contributed by atoms with Crippen molar-refractivity contribution in [2.45, 2.75) is 0 Å². The van der Waals surface area contributed by atoms with E-state index in [4.69, 9.17) is 4.74 Å². The molecule has 0 spiro atoms. The van der Waals surface area contributed by atoms with Crippen LogP contribution in [0.15, 0.2) is 76.6 Å². The van der Waals surface area contributed by atoms with E-state index < -0.39 is 0 Å². The van der Waals surface area contributed by atoms with Gasteiger partial charge in [0, 0.05) is 10.9 Å². The van der Waals surface area contributed by atoms with E-state index in [9.17, 15) is 4.79 Å². The lowest BCUT2D eigenvalue weighted by Crippen LogP contribution is -2.19. The lowest BCUT2D eigenvalue weighted by Gasteiger charge is -2.09. The van der Waals surface area contributed by atoms with Crippen molar-refractivity contribution in [3.63, 3.8) is 0 Å². The number of para-hydroxylation sites is 1. The average molecular weight is 360 g/mol. The van der Waals surface area contributed by atoms with E-state index in [0.29, 0.717) is 10.1 Å². The third-order valence-corrected chi connectivity index (χ3v) is 4.95. The third kappa shape index (κ3) is 3.21. The number of amidine groups is 1. The van der Waals surface area contributed by atoms with E-state index >= 15 is 0 Å². The summed E-state index contributed by atoms with van der Waals surface area (Å²) in [5.41, 5.74) is 1.67. The molecule has 1 N–H and O–H groups in total. The zero-order valence-electron chi connectivity index (χ0n) is 14.1. The van der Waals surface area contributed by atoms with E-state index in [-0.39, 0.29) is 5.91 Å². The molecule has 4 rings (SSSR count). The standard InChI is InChI=1S/C21H16N2O2S/c1-25-19-15(12-11-14-7-5-6-10-17(14)19)13-18-20(24)23-21(26-18)22-16-8-3-2-4-9-16/h2-13H,1H3,(H,22,23,24). The van der Waals surface area contributed by atoms with Crippen LogP contribution >= 0.6 is 11.8 Å². The van der Waals surface area contributed by atoms with Crippen LogP contribution in [0.25, 0.3) is 16.8 Å². The number of hydrogen-bond donors (Lipinski definition) is 1. The van der Waals surface area contributed by atoms with Gasteiger partial charge in [0.1, 0.15) is 5.75 Å². The Morgan fingerprint density at radius 2 is 1.77 bits per heavy atom. The quantitative estimate of drug-likeness (QED) is 0.687. The Labute approximate surface area is 155 Å². The predicted molar refractivity (Wildman–Crippen MR) is 108 cm³/mol. The summed E-state index contributed by atoms with van der Waals surface area (Å²) in [6, 6.07) is 21.6. The summed E-state index contributed by atoms with van der Waals surface area (Å²) in [5.74, 6) is 0.609. The number of thioether (sulfide) groups is 1. The van der Waals surface area contributed by atoms with Gasteiger partial charge in [-0.3, -0.25) is 4.79 Å². The number of fused-ring (bicyclic) bond motifs is 1. The fourth-order valence-electron chi connectivity index (χ4n) is 2.84. The zero-order valence-corrected chi connectivity index (χ0v) is 14.9. The van der Waals surface area contributed by atoms with Crippen molar-refractivity contribution in [2.75, 3.05) is 7.11 Å². The van der Waals surface area contributed by atoms with Crippen LogP contribution in [-0.2, 0) is 4.79 Å². The molecule has 0 atom stereocenters. The minimum atomic E-state index is -0.153. The maximum absolute atomic E-state index is 12.3. The van der Waals surface area contributed by atoms with Crippen molar-refractivity contribution >= 4 is 45.4 Å². The van der Waals surface area contributed by atoms with E-state index in [1.807, 2.05) is 72.8 Å². The Kier molecular flexibility index (Phi) is 4.46. The lowest BCUT2D eigenvalue weighted by molar-refractivity contribution is -0.115. The number of nitrogens with zero attached hydrogens (tertiary/aromatic N) is 1. The van der Waals surface area contributed by atoms with Crippen LogP contribution in [0.3, 0.4) is 0 Å². The molecule has 3 aromatic rings. The zero-order chi connectivity index (χ0) is 17.9. The molecule has 26 heavy (non-hydrogen) atoms. The molecule has 1 heterocycles. The molecule has 3 aromatic carbocycles. The van der Waals surface area contributed by atoms with Crippen molar-refractivity contribution < 1.29 is 9.53 Å². The largest absolute Gasteiger partial charge is 0.495 e. The first-order chi connectivity index (χ1) is 12.7. The third-order valence-electron chi connectivity index (χ3n) is 4.04. The molecule has 1 aliphatic heterocycles. The maximum Gasteiger partial charge on any atom is 0.264 e. The fraction of sp³-hybridized carbons (Fsp3) is 0.0476. The summed E-state index contributed by atoms with van der Waals surface area (Å²) in [6.07, 6.45) is 1.85. The average Bonchev–Trinajstić information content (AvgIpc) is 3.01. The number of rotatable bonds is 3. The number of ether oxygens (including phenoxy) is 1. The lowest BCUT2D eigenvalue weighted by atomic mass is 10.0. The molecule has 0 saturated carbocycles. The SMILES string of the molecule is COc1c(C=C2SC(=Nc3ccccc3)NC2=O)ccc2ccccc12. The van der Waals surface area contributed by atoms with Gasteiger partial charge in [-0.05, 0) is 35.4 Å². The molecule has 4 nitrogen and oxygen atoms in total. The van der Waals surface area contributed by atoms with E-state index in [0.717, 1.165) is 27.8 Å². The van der Waals surface area contributed by atoms with Crippen LogP contribution in [0.5, 0.6) is 5.75 Å². The summed E-state index contributed by atoms with van der Waals surface area (Å²) >= 11 is 1.33. The molecule has 1 aliphatic rings. The van der Waals surface area contributed by atoms with Gasteiger partial charge in [0.25, 0.3) is 5.91 Å². The van der Waals surface area contributed by atoms with Crippen molar-refractivity contribution in [1.82, 2.24) is 5.32 Å². The van der Waals surface area contributed by atoms with Crippen LogP contribution < -0.4 is 10.1 Å². The van der Waals surface area contributed by atoms with E-state index in [2.05, 4.69) is 10.3 Å². The van der Waals surface area contributed by atoms with E-state index in [1.165, 1.54) is 11.8 Å². The molecule has 0 bridgehead atoms. The Morgan fingerprint density at radius 1 is 1.00 bits per heavy atom. The van der Waals surface area contributed by atoms with Crippen molar-refractivity contribution in [3.05, 3.63) is 77.2 Å². The van der Waals surface area contributed by atoms with Crippen LogP contribution in [0, 0.1) is 0 Å². The number of carbonyl (C=O) groups is 1. The Hall–Kier alpha value is -3.05. The minimum Gasteiger partial charge on any atom is -0.495 e. The molecular formula is C21H16N2O2S. The Balaban J connectivity index is 1.70. The minimum absolute atomic E-state index is 0.153. The number of aliphatic imine (C=N–C) groups is 1. The highest BCUT2D eigenvalue weighted by atomic mass is 32.2. The number of nitrogens with one attached hydrogen (secondary N) is 1.